The van der Waals surface area contributed by atoms with Crippen molar-refractivity contribution in [2.24, 2.45) is 10.2 Å². The zero-order chi connectivity index (χ0) is 20.9. The van der Waals surface area contributed by atoms with Crippen LogP contribution in [0.1, 0.15) is 30.4 Å². The summed E-state index contributed by atoms with van der Waals surface area (Å²) in [6.07, 6.45) is 8.25. The molecule has 3 aromatic rings. The van der Waals surface area contributed by atoms with Gasteiger partial charge in [0.2, 0.25) is 0 Å². The molecule has 4 rings (SSSR count). The molecular weight excluding hydrogens is 380 g/mol. The molecule has 1 aliphatic rings. The third-order valence-electron chi connectivity index (χ3n) is 4.94. The van der Waals surface area contributed by atoms with Gasteiger partial charge in [0.05, 0.1) is 6.20 Å². The van der Waals surface area contributed by atoms with Crippen LogP contribution in [0.15, 0.2) is 41.0 Å². The third-order valence-corrected chi connectivity index (χ3v) is 4.94. The van der Waals surface area contributed by atoms with E-state index in [2.05, 4.69) is 41.6 Å². The van der Waals surface area contributed by atoms with Crippen molar-refractivity contribution >= 4 is 23.1 Å². The van der Waals surface area contributed by atoms with E-state index in [1.165, 1.54) is 30.1 Å². The van der Waals surface area contributed by atoms with Crippen LogP contribution in [0, 0.1) is 18.3 Å². The summed E-state index contributed by atoms with van der Waals surface area (Å²) in [4.78, 5) is 15.4. The van der Waals surface area contributed by atoms with Crippen LogP contribution in [0.3, 0.4) is 0 Å². The number of nitrogens with zero attached hydrogens (tertiary/aromatic N) is 9. The second kappa shape index (κ2) is 8.65. The van der Waals surface area contributed by atoms with Crippen molar-refractivity contribution in [1.82, 2.24) is 24.7 Å². The molecular formula is C20H22N10. The van der Waals surface area contributed by atoms with Crippen molar-refractivity contribution in [2.45, 2.75) is 26.2 Å². The molecule has 4 heterocycles. The molecule has 1 saturated heterocycles. The fourth-order valence-corrected chi connectivity index (χ4v) is 3.40. The van der Waals surface area contributed by atoms with Crippen LogP contribution in [-0.2, 0) is 0 Å². The van der Waals surface area contributed by atoms with Gasteiger partial charge in [-0.1, -0.05) is 0 Å². The topological polar surface area (TPSA) is 120 Å². The molecule has 152 valence electrons. The lowest BCUT2D eigenvalue weighted by Crippen LogP contribution is -2.30. The molecule has 1 fully saturated rings. The Balaban J connectivity index is 1.71. The molecule has 0 saturated carbocycles. The fourth-order valence-electron chi connectivity index (χ4n) is 3.40. The first kappa shape index (κ1) is 19.4. The van der Waals surface area contributed by atoms with Gasteiger partial charge in [-0.2, -0.15) is 15.0 Å². The second-order valence-corrected chi connectivity index (χ2v) is 6.95. The van der Waals surface area contributed by atoms with E-state index in [4.69, 9.17) is 4.98 Å². The molecule has 10 heteroatoms. The zero-order valence-electron chi connectivity index (χ0n) is 16.9. The highest BCUT2D eigenvalue weighted by atomic mass is 15.4. The average molecular weight is 402 g/mol. The summed E-state index contributed by atoms with van der Waals surface area (Å²) in [6.45, 7) is 4.00. The Labute approximate surface area is 174 Å². The van der Waals surface area contributed by atoms with Crippen LogP contribution >= 0.6 is 0 Å². The molecule has 0 unspecified atom stereocenters. The Morgan fingerprint density at radius 1 is 1.13 bits per heavy atom. The van der Waals surface area contributed by atoms with E-state index in [-0.39, 0.29) is 11.4 Å². The van der Waals surface area contributed by atoms with Gasteiger partial charge in [0.15, 0.2) is 11.6 Å². The number of azo groups is 1. The quantitative estimate of drug-likeness (QED) is 0.646. The van der Waals surface area contributed by atoms with Crippen LogP contribution in [0.5, 0.6) is 0 Å². The molecule has 0 bridgehead atoms. The first-order valence-corrected chi connectivity index (χ1v) is 9.83. The molecule has 1 aliphatic heterocycles. The molecule has 0 spiro atoms. The Kier molecular flexibility index (Phi) is 5.61. The van der Waals surface area contributed by atoms with Gasteiger partial charge < -0.3 is 10.2 Å². The first-order valence-electron chi connectivity index (χ1n) is 9.83. The number of rotatable bonds is 5. The van der Waals surface area contributed by atoms with Crippen molar-refractivity contribution in [3.05, 3.63) is 41.9 Å². The smallest absolute Gasteiger partial charge is 0.252 e. The summed E-state index contributed by atoms with van der Waals surface area (Å²) in [7, 11) is 1.81. The molecule has 0 radical (unpaired) electrons. The van der Waals surface area contributed by atoms with E-state index >= 15 is 0 Å². The summed E-state index contributed by atoms with van der Waals surface area (Å²) >= 11 is 0. The van der Waals surface area contributed by atoms with Gasteiger partial charge in [-0.25, -0.2) is 15.0 Å². The Morgan fingerprint density at radius 3 is 2.60 bits per heavy atom. The summed E-state index contributed by atoms with van der Waals surface area (Å²) < 4.78 is 1.39. The second-order valence-electron chi connectivity index (χ2n) is 6.95. The van der Waals surface area contributed by atoms with E-state index in [9.17, 15) is 5.26 Å². The number of hydrogen-bond acceptors (Lipinski definition) is 9. The van der Waals surface area contributed by atoms with Gasteiger partial charge in [-0.05, 0) is 43.9 Å². The monoisotopic (exact) mass is 402 g/mol. The number of aryl methyl sites for hydroxylation is 1. The van der Waals surface area contributed by atoms with Crippen LogP contribution in [0.25, 0.3) is 5.95 Å². The highest BCUT2D eigenvalue weighted by molar-refractivity contribution is 5.68. The van der Waals surface area contributed by atoms with Crippen molar-refractivity contribution in [3.8, 4) is 12.0 Å². The van der Waals surface area contributed by atoms with Crippen LogP contribution in [-0.4, -0.2) is 44.9 Å². The lowest BCUT2D eigenvalue weighted by atomic mass is 10.1. The number of anilines is 2. The number of nitrogens with one attached hydrogen (secondary N) is 1. The van der Waals surface area contributed by atoms with Gasteiger partial charge in [-0.3, -0.25) is 0 Å². The van der Waals surface area contributed by atoms with Gasteiger partial charge in [0, 0.05) is 32.5 Å². The number of piperidine rings is 1. The molecule has 10 nitrogen and oxygen atoms in total. The molecule has 0 aromatic carbocycles. The van der Waals surface area contributed by atoms with E-state index in [1.807, 2.05) is 20.0 Å². The zero-order valence-corrected chi connectivity index (χ0v) is 16.9. The van der Waals surface area contributed by atoms with Gasteiger partial charge >= 0.3 is 0 Å². The number of pyridine rings is 1. The Bertz CT molecular complexity index is 1090. The van der Waals surface area contributed by atoms with E-state index < -0.39 is 0 Å². The van der Waals surface area contributed by atoms with Gasteiger partial charge in [0.25, 0.3) is 5.95 Å². The van der Waals surface area contributed by atoms with Gasteiger partial charge in [-0.15, -0.1) is 10.2 Å². The highest BCUT2D eigenvalue weighted by Crippen LogP contribution is 2.33. The maximum Gasteiger partial charge on any atom is 0.252 e. The lowest BCUT2D eigenvalue weighted by molar-refractivity contribution is 0.573. The van der Waals surface area contributed by atoms with Crippen molar-refractivity contribution in [2.75, 3.05) is 30.4 Å². The van der Waals surface area contributed by atoms with Crippen LogP contribution < -0.4 is 10.2 Å². The minimum atomic E-state index is 0.269. The minimum absolute atomic E-state index is 0.269. The maximum atomic E-state index is 9.44. The number of nitriles is 1. The number of hydrogen-bond donors (Lipinski definition) is 1. The number of aromatic nitrogens is 5. The van der Waals surface area contributed by atoms with Crippen molar-refractivity contribution in [1.29, 1.82) is 5.26 Å². The molecule has 0 aliphatic carbocycles. The Hall–Kier alpha value is -3.87. The standard InChI is InChI=1S/C20H22N10/c1-14-11-16(29-9-4-3-5-10-29)26-18(22-2)17(14)27-28-19-15(12-21)13-25-30(19)20-23-7-6-8-24-20/h6-8,11,13H,3-5,9-10H2,1-2H3,(H,22,26)/b28-27+. The largest absolute Gasteiger partial charge is 0.371 e. The SMILES string of the molecule is CNc1nc(N2CCCCC2)cc(C)c1/N=N/c1c(C#N)cnn1-c1ncccn1. The molecule has 30 heavy (non-hydrogen) atoms. The van der Waals surface area contributed by atoms with Crippen LogP contribution in [0.2, 0.25) is 0 Å². The van der Waals surface area contributed by atoms with E-state index in [0.29, 0.717) is 17.5 Å². The summed E-state index contributed by atoms with van der Waals surface area (Å²) in [5.74, 6) is 2.16. The van der Waals surface area contributed by atoms with E-state index in [1.54, 1.807) is 18.5 Å². The normalized spacial score (nSPS) is 14.1. The molecule has 0 amide bonds. The lowest BCUT2D eigenvalue weighted by Gasteiger charge is -2.28. The molecule has 1 N–H and O–H groups in total. The van der Waals surface area contributed by atoms with Crippen molar-refractivity contribution in [3.63, 3.8) is 0 Å². The fraction of sp³-hybridized carbons (Fsp3) is 0.350. The maximum absolute atomic E-state index is 9.44. The van der Waals surface area contributed by atoms with Crippen LogP contribution in [0.4, 0.5) is 23.1 Å². The highest BCUT2D eigenvalue weighted by Gasteiger charge is 2.17. The predicted molar refractivity (Wildman–Crippen MR) is 113 cm³/mol. The average Bonchev–Trinajstić information content (AvgIpc) is 3.22. The minimum Gasteiger partial charge on any atom is -0.371 e. The first-order chi connectivity index (χ1) is 14.7. The van der Waals surface area contributed by atoms with Crippen molar-refractivity contribution < 1.29 is 0 Å². The molecule has 3 aromatic heterocycles. The summed E-state index contributed by atoms with van der Waals surface area (Å²) in [6, 6.07) is 5.82. The van der Waals surface area contributed by atoms with E-state index in [0.717, 1.165) is 24.5 Å². The third kappa shape index (κ3) is 3.82. The van der Waals surface area contributed by atoms with Gasteiger partial charge in [0.1, 0.15) is 23.1 Å². The summed E-state index contributed by atoms with van der Waals surface area (Å²) in [5, 5.41) is 25.5. The Morgan fingerprint density at radius 2 is 1.90 bits per heavy atom. The molecule has 0 atom stereocenters. The summed E-state index contributed by atoms with van der Waals surface area (Å²) in [5.41, 5.74) is 1.84. The predicted octanol–water partition coefficient (Wildman–Crippen LogP) is 3.68.